The van der Waals surface area contributed by atoms with Crippen molar-refractivity contribution in [3.8, 4) is 0 Å². The number of carbonyl (C=O) groups is 2. The number of rotatable bonds is 4. The lowest BCUT2D eigenvalue weighted by atomic mass is 10.0. The zero-order valence-corrected chi connectivity index (χ0v) is 12.4. The Morgan fingerprint density at radius 1 is 1.40 bits per heavy atom. The predicted octanol–water partition coefficient (Wildman–Crippen LogP) is -0.805. The summed E-state index contributed by atoms with van der Waals surface area (Å²) < 4.78 is 25.5. The largest absolute Gasteiger partial charge is 0.344 e. The van der Waals surface area contributed by atoms with E-state index in [-0.39, 0.29) is 23.6 Å². The first kappa shape index (κ1) is 15.2. The molecule has 1 unspecified atom stereocenters. The average molecular weight is 303 g/mol. The SMILES string of the molecule is CNS(=O)(=O)CC1CCCN1C(=O)[C@H]1CCCC(=O)N1. The molecule has 2 aliphatic rings. The standard InChI is InChI=1S/C12H21N3O4S/c1-13-20(18,19)8-9-4-3-7-15(9)12(17)10-5-2-6-11(16)14-10/h9-10,13H,2-8H2,1H3,(H,14,16)/t9?,10-/m1/s1. The topological polar surface area (TPSA) is 95.6 Å². The molecule has 2 N–H and O–H groups in total. The van der Waals surface area contributed by atoms with Crippen LogP contribution in [0.4, 0.5) is 0 Å². The molecule has 2 heterocycles. The van der Waals surface area contributed by atoms with Gasteiger partial charge >= 0.3 is 0 Å². The minimum Gasteiger partial charge on any atom is -0.344 e. The van der Waals surface area contributed by atoms with Crippen molar-refractivity contribution in [2.24, 2.45) is 0 Å². The lowest BCUT2D eigenvalue weighted by Crippen LogP contribution is -2.53. The Bertz CT molecular complexity index is 491. The minimum atomic E-state index is -3.34. The van der Waals surface area contributed by atoms with Gasteiger partial charge in [0, 0.05) is 19.0 Å². The number of piperidine rings is 1. The molecule has 0 spiro atoms. The van der Waals surface area contributed by atoms with Crippen LogP contribution in [0.3, 0.4) is 0 Å². The lowest BCUT2D eigenvalue weighted by Gasteiger charge is -2.30. The van der Waals surface area contributed by atoms with Crippen molar-refractivity contribution in [1.82, 2.24) is 14.9 Å². The predicted molar refractivity (Wildman–Crippen MR) is 73.4 cm³/mol. The fourth-order valence-electron chi connectivity index (χ4n) is 2.83. The average Bonchev–Trinajstić information content (AvgIpc) is 2.85. The Labute approximate surface area is 119 Å². The number of nitrogens with one attached hydrogen (secondary N) is 2. The molecule has 114 valence electrons. The second-order valence-corrected chi connectivity index (χ2v) is 7.30. The summed E-state index contributed by atoms with van der Waals surface area (Å²) in [5.74, 6) is -0.323. The van der Waals surface area contributed by atoms with Crippen molar-refractivity contribution in [1.29, 1.82) is 0 Å². The molecule has 8 heteroatoms. The Morgan fingerprint density at radius 2 is 2.15 bits per heavy atom. The van der Waals surface area contributed by atoms with E-state index in [0.29, 0.717) is 32.2 Å². The normalized spacial score (nSPS) is 27.4. The third-order valence-electron chi connectivity index (χ3n) is 3.91. The van der Waals surface area contributed by atoms with E-state index in [1.165, 1.54) is 7.05 Å². The number of likely N-dealkylation sites (tertiary alicyclic amines) is 1. The molecule has 2 amide bonds. The van der Waals surface area contributed by atoms with Gasteiger partial charge in [0.2, 0.25) is 21.8 Å². The van der Waals surface area contributed by atoms with E-state index in [0.717, 1.165) is 6.42 Å². The van der Waals surface area contributed by atoms with Crippen LogP contribution in [0.2, 0.25) is 0 Å². The van der Waals surface area contributed by atoms with Gasteiger partial charge in [0.05, 0.1) is 5.75 Å². The van der Waals surface area contributed by atoms with Gasteiger partial charge < -0.3 is 10.2 Å². The third kappa shape index (κ3) is 3.49. The molecule has 0 aromatic rings. The van der Waals surface area contributed by atoms with Gasteiger partial charge in [-0.05, 0) is 32.7 Å². The minimum absolute atomic E-state index is 0.0735. The molecule has 0 radical (unpaired) electrons. The maximum absolute atomic E-state index is 12.4. The highest BCUT2D eigenvalue weighted by molar-refractivity contribution is 7.89. The van der Waals surface area contributed by atoms with Crippen molar-refractivity contribution >= 4 is 21.8 Å². The van der Waals surface area contributed by atoms with E-state index in [2.05, 4.69) is 10.0 Å². The molecule has 0 saturated carbocycles. The van der Waals surface area contributed by atoms with Crippen molar-refractivity contribution < 1.29 is 18.0 Å². The number of nitrogens with zero attached hydrogens (tertiary/aromatic N) is 1. The monoisotopic (exact) mass is 303 g/mol. The first-order chi connectivity index (χ1) is 9.43. The summed E-state index contributed by atoms with van der Waals surface area (Å²) in [6.45, 7) is 0.565. The Kier molecular flexibility index (Phi) is 4.64. The molecule has 2 atom stereocenters. The Balaban J connectivity index is 2.02. The maximum atomic E-state index is 12.4. The van der Waals surface area contributed by atoms with Crippen LogP contribution in [-0.2, 0) is 19.6 Å². The Morgan fingerprint density at radius 3 is 2.80 bits per heavy atom. The highest BCUT2D eigenvalue weighted by Gasteiger charge is 2.36. The fraction of sp³-hybridized carbons (Fsp3) is 0.833. The Hall–Kier alpha value is -1.15. The summed E-state index contributed by atoms with van der Waals surface area (Å²) in [5.41, 5.74) is 0. The molecule has 2 saturated heterocycles. The quantitative estimate of drug-likeness (QED) is 0.710. The molecule has 0 aliphatic carbocycles. The van der Waals surface area contributed by atoms with Gasteiger partial charge in [-0.25, -0.2) is 13.1 Å². The van der Waals surface area contributed by atoms with Crippen LogP contribution < -0.4 is 10.0 Å². The van der Waals surface area contributed by atoms with Crippen molar-refractivity contribution in [3.05, 3.63) is 0 Å². The summed E-state index contributed by atoms with van der Waals surface area (Å²) in [7, 11) is -1.97. The van der Waals surface area contributed by atoms with Crippen LogP contribution in [0.1, 0.15) is 32.1 Å². The van der Waals surface area contributed by atoms with Crippen LogP contribution in [-0.4, -0.2) is 56.6 Å². The fourth-order valence-corrected chi connectivity index (χ4v) is 3.85. The van der Waals surface area contributed by atoms with Gasteiger partial charge in [0.25, 0.3) is 0 Å². The van der Waals surface area contributed by atoms with Crippen LogP contribution in [0.15, 0.2) is 0 Å². The first-order valence-electron chi connectivity index (χ1n) is 6.94. The molecule has 2 rings (SSSR count). The van der Waals surface area contributed by atoms with E-state index >= 15 is 0 Å². The smallest absolute Gasteiger partial charge is 0.245 e. The first-order valence-corrected chi connectivity index (χ1v) is 8.59. The zero-order chi connectivity index (χ0) is 14.8. The number of hydrogen-bond acceptors (Lipinski definition) is 4. The van der Waals surface area contributed by atoms with Crippen molar-refractivity contribution in [2.75, 3.05) is 19.3 Å². The van der Waals surface area contributed by atoms with E-state index in [1.54, 1.807) is 4.90 Å². The van der Waals surface area contributed by atoms with Gasteiger partial charge in [0.1, 0.15) is 6.04 Å². The van der Waals surface area contributed by atoms with Crippen LogP contribution in [0.5, 0.6) is 0 Å². The molecule has 0 aromatic heterocycles. The molecule has 2 aliphatic heterocycles. The number of amides is 2. The van der Waals surface area contributed by atoms with E-state index < -0.39 is 16.1 Å². The summed E-state index contributed by atoms with van der Waals surface area (Å²) in [5, 5.41) is 2.70. The van der Waals surface area contributed by atoms with E-state index in [9.17, 15) is 18.0 Å². The number of sulfonamides is 1. The van der Waals surface area contributed by atoms with Gasteiger partial charge in [-0.3, -0.25) is 9.59 Å². The van der Waals surface area contributed by atoms with E-state index in [1.807, 2.05) is 0 Å². The summed E-state index contributed by atoms with van der Waals surface area (Å²) in [6.07, 6.45) is 3.28. The molecule has 2 fully saturated rings. The molecule has 7 nitrogen and oxygen atoms in total. The maximum Gasteiger partial charge on any atom is 0.245 e. The van der Waals surface area contributed by atoms with Gasteiger partial charge in [0.15, 0.2) is 0 Å². The molecular weight excluding hydrogens is 282 g/mol. The molecular formula is C12H21N3O4S. The highest BCUT2D eigenvalue weighted by atomic mass is 32.2. The van der Waals surface area contributed by atoms with Crippen LogP contribution in [0, 0.1) is 0 Å². The van der Waals surface area contributed by atoms with Crippen LogP contribution in [0.25, 0.3) is 0 Å². The lowest BCUT2D eigenvalue weighted by molar-refractivity contribution is -0.138. The van der Waals surface area contributed by atoms with Gasteiger partial charge in [-0.15, -0.1) is 0 Å². The van der Waals surface area contributed by atoms with Crippen molar-refractivity contribution in [2.45, 2.75) is 44.2 Å². The van der Waals surface area contributed by atoms with E-state index in [4.69, 9.17) is 0 Å². The number of hydrogen-bond donors (Lipinski definition) is 2. The van der Waals surface area contributed by atoms with Gasteiger partial charge in [-0.2, -0.15) is 0 Å². The van der Waals surface area contributed by atoms with Gasteiger partial charge in [-0.1, -0.05) is 0 Å². The molecule has 20 heavy (non-hydrogen) atoms. The summed E-state index contributed by atoms with van der Waals surface area (Å²) in [6, 6.07) is -0.784. The zero-order valence-electron chi connectivity index (χ0n) is 11.6. The second kappa shape index (κ2) is 6.09. The number of carbonyl (C=O) groups excluding carboxylic acids is 2. The van der Waals surface area contributed by atoms with Crippen molar-refractivity contribution in [3.63, 3.8) is 0 Å². The third-order valence-corrected chi connectivity index (χ3v) is 5.36. The summed E-state index contributed by atoms with van der Waals surface area (Å²) >= 11 is 0. The molecule has 0 aromatic carbocycles. The summed E-state index contributed by atoms with van der Waals surface area (Å²) in [4.78, 5) is 25.4. The highest BCUT2D eigenvalue weighted by Crippen LogP contribution is 2.21. The second-order valence-electron chi connectivity index (χ2n) is 5.33. The molecule has 0 bridgehead atoms. The van der Waals surface area contributed by atoms with Crippen LogP contribution >= 0.6 is 0 Å².